The normalized spacial score (nSPS) is 20.7. The van der Waals surface area contributed by atoms with E-state index in [-0.39, 0.29) is 0 Å². The van der Waals surface area contributed by atoms with E-state index < -0.39 is 0 Å². The molecule has 0 radical (unpaired) electrons. The summed E-state index contributed by atoms with van der Waals surface area (Å²) in [4.78, 5) is 20.9. The molecule has 0 aliphatic carbocycles. The van der Waals surface area contributed by atoms with Crippen LogP contribution in [0.2, 0.25) is 0 Å². The molecule has 0 bridgehead atoms. The number of aromatic nitrogens is 1. The lowest BCUT2D eigenvalue weighted by Crippen LogP contribution is -2.50. The number of carbonyl (C=O) groups is 1. The molecule has 2 saturated heterocycles. The van der Waals surface area contributed by atoms with Crippen LogP contribution in [0.1, 0.15) is 12.1 Å². The molecule has 0 unspecified atom stereocenters. The lowest BCUT2D eigenvalue weighted by Gasteiger charge is -2.36. The van der Waals surface area contributed by atoms with E-state index in [1.807, 2.05) is 23.2 Å². The lowest BCUT2D eigenvalue weighted by molar-refractivity contribution is -0.134. The second-order valence-electron chi connectivity index (χ2n) is 5.71. The minimum Gasteiger partial charge on any atom is -0.340 e. The first-order chi connectivity index (χ1) is 9.81. The molecule has 5 nitrogen and oxygen atoms in total. The van der Waals surface area contributed by atoms with Gasteiger partial charge in [-0.2, -0.15) is 0 Å². The molecular weight excluding hydrogens is 252 g/mol. The van der Waals surface area contributed by atoms with E-state index in [1.54, 1.807) is 0 Å². The molecule has 2 fully saturated rings. The summed E-state index contributed by atoms with van der Waals surface area (Å²) in [6.45, 7) is 6.50. The van der Waals surface area contributed by atoms with Gasteiger partial charge in [0.05, 0.1) is 5.69 Å². The summed E-state index contributed by atoms with van der Waals surface area (Å²) in [5, 5.41) is 3.22. The third-order valence-corrected chi connectivity index (χ3v) is 4.17. The Balaban J connectivity index is 1.43. The van der Waals surface area contributed by atoms with Crippen molar-refractivity contribution in [2.75, 3.05) is 39.3 Å². The number of hydrogen-bond acceptors (Lipinski definition) is 4. The van der Waals surface area contributed by atoms with Gasteiger partial charge < -0.3 is 10.2 Å². The third-order valence-electron chi connectivity index (χ3n) is 4.17. The van der Waals surface area contributed by atoms with Gasteiger partial charge in [-0.3, -0.25) is 14.7 Å². The molecule has 0 aromatic carbocycles. The average molecular weight is 274 g/mol. The summed E-state index contributed by atoms with van der Waals surface area (Å²) in [5.74, 6) is 0.892. The van der Waals surface area contributed by atoms with Gasteiger partial charge in [0.2, 0.25) is 5.91 Å². The third kappa shape index (κ3) is 3.35. The molecular formula is C15H22N4O. The summed E-state index contributed by atoms with van der Waals surface area (Å²) < 4.78 is 0. The summed E-state index contributed by atoms with van der Waals surface area (Å²) in [6, 6.07) is 6.02. The number of rotatable bonds is 4. The molecule has 1 aromatic heterocycles. The van der Waals surface area contributed by atoms with Gasteiger partial charge in [-0.05, 0) is 31.1 Å². The number of nitrogens with zero attached hydrogens (tertiary/aromatic N) is 3. The summed E-state index contributed by atoms with van der Waals surface area (Å²) in [5.41, 5.74) is 1.10. The van der Waals surface area contributed by atoms with Crippen LogP contribution in [0.5, 0.6) is 0 Å². The van der Waals surface area contributed by atoms with Crippen LogP contribution in [0.4, 0.5) is 0 Å². The summed E-state index contributed by atoms with van der Waals surface area (Å²) in [6.07, 6.45) is 2.55. The van der Waals surface area contributed by atoms with Gasteiger partial charge in [0.1, 0.15) is 0 Å². The Morgan fingerprint density at radius 1 is 1.25 bits per heavy atom. The first-order valence-corrected chi connectivity index (χ1v) is 7.42. The van der Waals surface area contributed by atoms with E-state index in [2.05, 4.69) is 21.3 Å². The van der Waals surface area contributed by atoms with Crippen molar-refractivity contribution >= 4 is 5.91 Å². The summed E-state index contributed by atoms with van der Waals surface area (Å²) in [7, 11) is 0. The zero-order valence-electron chi connectivity index (χ0n) is 11.8. The van der Waals surface area contributed by atoms with Crippen molar-refractivity contribution in [1.29, 1.82) is 0 Å². The number of pyridine rings is 1. The number of amides is 1. The molecule has 108 valence electrons. The first-order valence-electron chi connectivity index (χ1n) is 7.42. The Labute approximate surface area is 120 Å². The van der Waals surface area contributed by atoms with Gasteiger partial charge in [0.15, 0.2) is 0 Å². The van der Waals surface area contributed by atoms with Crippen molar-refractivity contribution in [2.45, 2.75) is 13.0 Å². The molecule has 1 N–H and O–H groups in total. The van der Waals surface area contributed by atoms with E-state index in [9.17, 15) is 4.79 Å². The zero-order chi connectivity index (χ0) is 13.8. The Morgan fingerprint density at radius 2 is 2.05 bits per heavy atom. The molecule has 3 heterocycles. The minimum absolute atomic E-state index is 0.328. The highest BCUT2D eigenvalue weighted by Crippen LogP contribution is 2.13. The van der Waals surface area contributed by atoms with Gasteiger partial charge in [-0.25, -0.2) is 0 Å². The molecule has 1 amide bonds. The van der Waals surface area contributed by atoms with Crippen LogP contribution in [-0.2, 0) is 11.3 Å². The molecule has 1 aromatic rings. The molecule has 0 atom stereocenters. The summed E-state index contributed by atoms with van der Waals surface area (Å²) >= 11 is 0. The van der Waals surface area contributed by atoms with Crippen molar-refractivity contribution in [2.24, 2.45) is 5.92 Å². The topological polar surface area (TPSA) is 48.5 Å². The van der Waals surface area contributed by atoms with Gasteiger partial charge >= 0.3 is 0 Å². The second kappa shape index (κ2) is 6.33. The molecule has 3 rings (SSSR count). The molecule has 0 spiro atoms. The van der Waals surface area contributed by atoms with E-state index in [1.165, 1.54) is 0 Å². The van der Waals surface area contributed by atoms with Crippen LogP contribution in [0.3, 0.4) is 0 Å². The van der Waals surface area contributed by atoms with E-state index in [0.717, 1.165) is 51.5 Å². The van der Waals surface area contributed by atoms with Crippen LogP contribution in [0.25, 0.3) is 0 Å². The highest BCUT2D eigenvalue weighted by atomic mass is 16.2. The largest absolute Gasteiger partial charge is 0.340 e. The van der Waals surface area contributed by atoms with Crippen molar-refractivity contribution in [3.8, 4) is 0 Å². The number of hydrogen-bond donors (Lipinski definition) is 1. The SMILES string of the molecule is O=C(CC1CNC1)N1CCN(Cc2ccccn2)CC1. The van der Waals surface area contributed by atoms with Gasteiger partial charge in [0, 0.05) is 45.3 Å². The molecule has 20 heavy (non-hydrogen) atoms. The van der Waals surface area contributed by atoms with Gasteiger partial charge in [0.25, 0.3) is 0 Å². The smallest absolute Gasteiger partial charge is 0.223 e. The van der Waals surface area contributed by atoms with Crippen LogP contribution in [0, 0.1) is 5.92 Å². The van der Waals surface area contributed by atoms with Crippen molar-refractivity contribution in [3.63, 3.8) is 0 Å². The van der Waals surface area contributed by atoms with Crippen LogP contribution < -0.4 is 5.32 Å². The van der Waals surface area contributed by atoms with Crippen molar-refractivity contribution in [1.82, 2.24) is 20.1 Å². The fourth-order valence-electron chi connectivity index (χ4n) is 2.74. The average Bonchev–Trinajstić information content (AvgIpc) is 2.44. The highest BCUT2D eigenvalue weighted by molar-refractivity contribution is 5.76. The van der Waals surface area contributed by atoms with Crippen molar-refractivity contribution < 1.29 is 4.79 Å². The Kier molecular flexibility index (Phi) is 4.28. The van der Waals surface area contributed by atoms with Gasteiger partial charge in [-0.1, -0.05) is 6.07 Å². The maximum atomic E-state index is 12.1. The maximum absolute atomic E-state index is 12.1. The van der Waals surface area contributed by atoms with Crippen LogP contribution >= 0.6 is 0 Å². The Bertz CT molecular complexity index is 438. The van der Waals surface area contributed by atoms with Crippen LogP contribution in [-0.4, -0.2) is 60.0 Å². The molecule has 0 saturated carbocycles. The number of carbonyl (C=O) groups excluding carboxylic acids is 1. The second-order valence-corrected chi connectivity index (χ2v) is 5.71. The highest BCUT2D eigenvalue weighted by Gasteiger charge is 2.26. The molecule has 2 aliphatic heterocycles. The first kappa shape index (κ1) is 13.5. The van der Waals surface area contributed by atoms with Crippen molar-refractivity contribution in [3.05, 3.63) is 30.1 Å². The predicted molar refractivity (Wildman–Crippen MR) is 77.1 cm³/mol. The molecule has 2 aliphatic rings. The fraction of sp³-hybridized carbons (Fsp3) is 0.600. The minimum atomic E-state index is 0.328. The monoisotopic (exact) mass is 274 g/mol. The quantitative estimate of drug-likeness (QED) is 0.860. The predicted octanol–water partition coefficient (Wildman–Crippen LogP) is 0.335. The number of nitrogens with one attached hydrogen (secondary N) is 1. The number of piperazine rings is 1. The lowest BCUT2D eigenvalue weighted by atomic mass is 9.98. The maximum Gasteiger partial charge on any atom is 0.223 e. The standard InChI is InChI=1S/C15H22N4O/c20-15(9-13-10-16-11-13)19-7-5-18(6-8-19)12-14-3-1-2-4-17-14/h1-4,13,16H,5-12H2. The van der Waals surface area contributed by atoms with E-state index >= 15 is 0 Å². The van der Waals surface area contributed by atoms with Gasteiger partial charge in [-0.15, -0.1) is 0 Å². The Morgan fingerprint density at radius 3 is 2.65 bits per heavy atom. The Hall–Kier alpha value is -1.46. The zero-order valence-corrected chi connectivity index (χ0v) is 11.8. The fourth-order valence-corrected chi connectivity index (χ4v) is 2.74. The van der Waals surface area contributed by atoms with E-state index in [4.69, 9.17) is 0 Å². The van der Waals surface area contributed by atoms with E-state index in [0.29, 0.717) is 18.2 Å². The van der Waals surface area contributed by atoms with Crippen LogP contribution in [0.15, 0.2) is 24.4 Å². The molecule has 5 heteroatoms.